The number of carbonyl (C=O) groups excluding carboxylic acids is 2. The zero-order valence-corrected chi connectivity index (χ0v) is 14.4. The van der Waals surface area contributed by atoms with Crippen LogP contribution < -0.4 is 15.4 Å². The van der Waals surface area contributed by atoms with Crippen molar-refractivity contribution in [1.29, 1.82) is 0 Å². The van der Waals surface area contributed by atoms with Crippen LogP contribution in [-0.2, 0) is 16.1 Å². The summed E-state index contributed by atoms with van der Waals surface area (Å²) in [6.45, 7) is 3.20. The average molecular weight is 344 g/mol. The summed E-state index contributed by atoms with van der Waals surface area (Å²) in [6, 6.07) is 13.1. The monoisotopic (exact) mass is 344 g/mol. The third-order valence-electron chi connectivity index (χ3n) is 3.89. The lowest BCUT2D eigenvalue weighted by Crippen LogP contribution is -2.45. The summed E-state index contributed by atoms with van der Waals surface area (Å²) < 4.78 is 18.9. The molecule has 0 radical (unpaired) electrons. The normalized spacial score (nSPS) is 10.9. The van der Waals surface area contributed by atoms with Gasteiger partial charge in [-0.3, -0.25) is 9.59 Å². The first-order valence-corrected chi connectivity index (χ1v) is 7.82. The molecule has 6 heteroatoms. The summed E-state index contributed by atoms with van der Waals surface area (Å²) in [6.07, 6.45) is 0. The topological polar surface area (TPSA) is 67.4 Å². The number of benzene rings is 2. The van der Waals surface area contributed by atoms with Crippen molar-refractivity contribution < 1.29 is 18.7 Å². The lowest BCUT2D eigenvalue weighted by molar-refractivity contribution is -0.138. The maximum absolute atomic E-state index is 13.7. The summed E-state index contributed by atoms with van der Waals surface area (Å²) in [4.78, 5) is 24.8. The van der Waals surface area contributed by atoms with E-state index in [2.05, 4.69) is 10.6 Å². The molecule has 5 nitrogen and oxygen atoms in total. The predicted octanol–water partition coefficient (Wildman–Crippen LogP) is 3.12. The second-order valence-corrected chi connectivity index (χ2v) is 6.05. The SMILES string of the molecule is COc1ccccc1CNC(=O)C(C)(C)C(=O)Nc1ccccc1F. The van der Waals surface area contributed by atoms with Gasteiger partial charge < -0.3 is 15.4 Å². The van der Waals surface area contributed by atoms with E-state index < -0.39 is 23.0 Å². The number of methoxy groups -OCH3 is 1. The van der Waals surface area contributed by atoms with Gasteiger partial charge in [0.2, 0.25) is 11.8 Å². The number of hydrogen-bond donors (Lipinski definition) is 2. The van der Waals surface area contributed by atoms with E-state index >= 15 is 0 Å². The Morgan fingerprint density at radius 3 is 2.36 bits per heavy atom. The smallest absolute Gasteiger partial charge is 0.239 e. The Morgan fingerprint density at radius 2 is 1.68 bits per heavy atom. The van der Waals surface area contributed by atoms with E-state index in [4.69, 9.17) is 4.74 Å². The number of rotatable bonds is 6. The van der Waals surface area contributed by atoms with Crippen LogP contribution in [0.3, 0.4) is 0 Å². The highest BCUT2D eigenvalue weighted by molar-refractivity contribution is 6.09. The van der Waals surface area contributed by atoms with Gasteiger partial charge in [-0.05, 0) is 32.0 Å². The summed E-state index contributed by atoms with van der Waals surface area (Å²) in [5.74, 6) is -0.958. The van der Waals surface area contributed by atoms with Crippen molar-refractivity contribution in [1.82, 2.24) is 5.32 Å². The Hall–Kier alpha value is -2.89. The van der Waals surface area contributed by atoms with Gasteiger partial charge in [0, 0.05) is 12.1 Å². The zero-order chi connectivity index (χ0) is 18.4. The van der Waals surface area contributed by atoms with Crippen molar-refractivity contribution in [3.05, 3.63) is 59.9 Å². The molecule has 0 fully saturated rings. The third-order valence-corrected chi connectivity index (χ3v) is 3.89. The molecule has 0 aromatic heterocycles. The van der Waals surface area contributed by atoms with E-state index in [1.807, 2.05) is 18.2 Å². The fourth-order valence-corrected chi connectivity index (χ4v) is 2.19. The van der Waals surface area contributed by atoms with E-state index in [0.29, 0.717) is 5.75 Å². The number of halogens is 1. The highest BCUT2D eigenvalue weighted by Crippen LogP contribution is 2.22. The van der Waals surface area contributed by atoms with Crippen molar-refractivity contribution in [3.63, 3.8) is 0 Å². The standard InChI is InChI=1S/C19H21FN2O3/c1-19(2,18(24)22-15-10-6-5-9-14(15)20)17(23)21-12-13-8-4-7-11-16(13)25-3/h4-11H,12H2,1-3H3,(H,21,23)(H,22,24). The second kappa shape index (κ2) is 7.79. The molecule has 0 saturated carbocycles. The van der Waals surface area contributed by atoms with Gasteiger partial charge in [-0.25, -0.2) is 4.39 Å². The Balaban J connectivity index is 2.04. The van der Waals surface area contributed by atoms with Gasteiger partial charge >= 0.3 is 0 Å². The Kier molecular flexibility index (Phi) is 5.75. The second-order valence-electron chi connectivity index (χ2n) is 6.05. The lowest BCUT2D eigenvalue weighted by Gasteiger charge is -2.23. The molecule has 0 bridgehead atoms. The first-order valence-electron chi connectivity index (χ1n) is 7.82. The van der Waals surface area contributed by atoms with Gasteiger partial charge in [-0.2, -0.15) is 0 Å². The predicted molar refractivity (Wildman–Crippen MR) is 93.7 cm³/mol. The molecule has 0 aliphatic carbocycles. The number of anilines is 1. The van der Waals surface area contributed by atoms with E-state index in [1.165, 1.54) is 32.0 Å². The van der Waals surface area contributed by atoms with Crippen LogP contribution in [0.4, 0.5) is 10.1 Å². The number of carbonyl (C=O) groups is 2. The van der Waals surface area contributed by atoms with Crippen LogP contribution in [0.25, 0.3) is 0 Å². The molecular formula is C19H21FN2O3. The van der Waals surface area contributed by atoms with Gasteiger partial charge in [0.1, 0.15) is 17.0 Å². The first kappa shape index (κ1) is 18.4. The molecule has 2 amide bonds. The van der Waals surface area contributed by atoms with Crippen molar-refractivity contribution in [3.8, 4) is 5.75 Å². The Labute approximate surface area is 146 Å². The Morgan fingerprint density at radius 1 is 1.04 bits per heavy atom. The molecule has 0 aliphatic rings. The first-order chi connectivity index (χ1) is 11.9. The molecule has 0 heterocycles. The van der Waals surface area contributed by atoms with Crippen molar-refractivity contribution in [2.45, 2.75) is 20.4 Å². The van der Waals surface area contributed by atoms with Gasteiger partial charge in [0.25, 0.3) is 0 Å². The van der Waals surface area contributed by atoms with Crippen LogP contribution in [0.1, 0.15) is 19.4 Å². The maximum Gasteiger partial charge on any atom is 0.239 e. The van der Waals surface area contributed by atoms with Gasteiger partial charge in [-0.15, -0.1) is 0 Å². The van der Waals surface area contributed by atoms with Crippen LogP contribution in [0.15, 0.2) is 48.5 Å². The van der Waals surface area contributed by atoms with E-state index in [1.54, 1.807) is 19.2 Å². The molecule has 0 aliphatic heterocycles. The van der Waals surface area contributed by atoms with Gasteiger partial charge in [0.05, 0.1) is 12.8 Å². The van der Waals surface area contributed by atoms with Crippen LogP contribution in [0.5, 0.6) is 5.75 Å². The molecule has 0 unspecified atom stereocenters. The van der Waals surface area contributed by atoms with Gasteiger partial charge in [-0.1, -0.05) is 30.3 Å². The van der Waals surface area contributed by atoms with Crippen LogP contribution >= 0.6 is 0 Å². The number of hydrogen-bond acceptors (Lipinski definition) is 3. The zero-order valence-electron chi connectivity index (χ0n) is 14.4. The molecule has 0 atom stereocenters. The summed E-state index contributed by atoms with van der Waals surface area (Å²) >= 11 is 0. The summed E-state index contributed by atoms with van der Waals surface area (Å²) in [5, 5.41) is 5.17. The maximum atomic E-state index is 13.7. The lowest BCUT2D eigenvalue weighted by atomic mass is 9.90. The van der Waals surface area contributed by atoms with Gasteiger partial charge in [0.15, 0.2) is 0 Å². The molecule has 0 spiro atoms. The molecule has 25 heavy (non-hydrogen) atoms. The molecule has 0 saturated heterocycles. The van der Waals surface area contributed by atoms with Crippen LogP contribution in [0, 0.1) is 11.2 Å². The minimum absolute atomic E-state index is 0.0399. The third kappa shape index (κ3) is 4.35. The number of amides is 2. The summed E-state index contributed by atoms with van der Waals surface area (Å²) in [5.41, 5.74) is -0.536. The number of nitrogens with one attached hydrogen (secondary N) is 2. The van der Waals surface area contributed by atoms with Crippen molar-refractivity contribution >= 4 is 17.5 Å². The highest BCUT2D eigenvalue weighted by atomic mass is 19.1. The fourth-order valence-electron chi connectivity index (χ4n) is 2.19. The minimum atomic E-state index is -1.37. The molecule has 2 N–H and O–H groups in total. The fraction of sp³-hybridized carbons (Fsp3) is 0.263. The van der Waals surface area contributed by atoms with Crippen molar-refractivity contribution in [2.24, 2.45) is 5.41 Å². The van der Waals surface area contributed by atoms with E-state index in [9.17, 15) is 14.0 Å². The molecular weight excluding hydrogens is 323 g/mol. The summed E-state index contributed by atoms with van der Waals surface area (Å²) in [7, 11) is 1.55. The van der Waals surface area contributed by atoms with E-state index in [-0.39, 0.29) is 12.2 Å². The average Bonchev–Trinajstić information content (AvgIpc) is 2.61. The van der Waals surface area contributed by atoms with Crippen molar-refractivity contribution in [2.75, 3.05) is 12.4 Å². The largest absolute Gasteiger partial charge is 0.496 e. The molecule has 2 rings (SSSR count). The molecule has 2 aromatic rings. The molecule has 2 aromatic carbocycles. The minimum Gasteiger partial charge on any atom is -0.496 e. The highest BCUT2D eigenvalue weighted by Gasteiger charge is 2.36. The van der Waals surface area contributed by atoms with E-state index in [0.717, 1.165) is 5.56 Å². The quantitative estimate of drug-likeness (QED) is 0.791. The number of para-hydroxylation sites is 2. The molecule has 132 valence electrons. The van der Waals surface area contributed by atoms with Crippen LogP contribution in [-0.4, -0.2) is 18.9 Å². The Bertz CT molecular complexity index is 775. The number of ether oxygens (including phenoxy) is 1. The van der Waals surface area contributed by atoms with Crippen LogP contribution in [0.2, 0.25) is 0 Å².